The minimum absolute atomic E-state index is 1.02. The maximum Gasteiger partial charge on any atom is 0.0491 e. The lowest BCUT2D eigenvalue weighted by Crippen LogP contribution is -2.15. The number of rotatable bonds is 5. The Kier molecular flexibility index (Phi) is 20.3. The van der Waals surface area contributed by atoms with Crippen LogP contribution in [0.25, 0.3) is 21.8 Å². The molecule has 0 bridgehead atoms. The van der Waals surface area contributed by atoms with E-state index in [1.165, 1.54) is 21.8 Å². The molecular formula is C28H51N3. The van der Waals surface area contributed by atoms with Crippen LogP contribution >= 0.6 is 0 Å². The first-order valence-corrected chi connectivity index (χ1v) is 12.4. The third kappa shape index (κ3) is 10.8. The minimum Gasteiger partial charge on any atom is -0.341 e. The Labute approximate surface area is 194 Å². The zero-order valence-electron chi connectivity index (χ0n) is 22.5. The monoisotopic (exact) mass is 429 g/mol. The molecule has 2 aromatic carbocycles. The Morgan fingerprint density at radius 1 is 0.548 bits per heavy atom. The standard InChI is InChI=1S/C14H13N.2C5H13N.2C2H6/c1-2-15-13-9-5-3-7-11(13)12-8-4-6-10-14(12)15;2*1-4-6(3)5-2;2*1-2/h3-10H,2H2,1H3;2*4-5H2,1-3H3;2*1-2H3. The first-order chi connectivity index (χ1) is 15.0. The van der Waals surface area contributed by atoms with Crippen LogP contribution in [0, 0.1) is 0 Å². The summed E-state index contributed by atoms with van der Waals surface area (Å²) < 4.78 is 2.37. The second-order valence-corrected chi connectivity index (χ2v) is 6.76. The Balaban J connectivity index is 0. The van der Waals surface area contributed by atoms with Crippen LogP contribution in [0.2, 0.25) is 0 Å². The van der Waals surface area contributed by atoms with Crippen LogP contribution in [-0.2, 0) is 6.54 Å². The van der Waals surface area contributed by atoms with Crippen LogP contribution < -0.4 is 0 Å². The number of fused-ring (bicyclic) bond motifs is 3. The van der Waals surface area contributed by atoms with E-state index in [0.717, 1.165) is 32.7 Å². The van der Waals surface area contributed by atoms with Gasteiger partial charge in [0.2, 0.25) is 0 Å². The quantitative estimate of drug-likeness (QED) is 0.410. The molecule has 0 aliphatic rings. The summed E-state index contributed by atoms with van der Waals surface area (Å²) >= 11 is 0. The SMILES string of the molecule is CC.CC.CCN(C)CC.CCN(C)CC.CCn1c2ccccc2c2ccccc21. The van der Waals surface area contributed by atoms with E-state index >= 15 is 0 Å². The summed E-state index contributed by atoms with van der Waals surface area (Å²) in [5, 5.41) is 2.71. The zero-order valence-corrected chi connectivity index (χ0v) is 22.5. The van der Waals surface area contributed by atoms with Crippen molar-refractivity contribution in [2.24, 2.45) is 0 Å². The summed E-state index contributed by atoms with van der Waals surface area (Å²) in [5.74, 6) is 0. The van der Waals surface area contributed by atoms with Crippen LogP contribution in [0.3, 0.4) is 0 Å². The Morgan fingerprint density at radius 3 is 1.06 bits per heavy atom. The van der Waals surface area contributed by atoms with Crippen LogP contribution in [0.4, 0.5) is 0 Å². The normalized spacial score (nSPS) is 9.71. The summed E-state index contributed by atoms with van der Waals surface area (Å²) in [6.07, 6.45) is 0. The van der Waals surface area contributed by atoms with Crippen LogP contribution in [-0.4, -0.2) is 54.6 Å². The van der Waals surface area contributed by atoms with E-state index in [4.69, 9.17) is 0 Å². The third-order valence-electron chi connectivity index (χ3n) is 5.16. The van der Waals surface area contributed by atoms with E-state index in [1.807, 2.05) is 27.7 Å². The highest BCUT2D eigenvalue weighted by Crippen LogP contribution is 2.28. The van der Waals surface area contributed by atoms with E-state index in [-0.39, 0.29) is 0 Å². The lowest BCUT2D eigenvalue weighted by Gasteiger charge is -2.07. The van der Waals surface area contributed by atoms with Crippen molar-refractivity contribution in [1.29, 1.82) is 0 Å². The molecule has 0 aliphatic carbocycles. The molecule has 0 aliphatic heterocycles. The van der Waals surface area contributed by atoms with Gasteiger partial charge in [0.1, 0.15) is 0 Å². The second kappa shape index (κ2) is 20.1. The fourth-order valence-corrected chi connectivity index (χ4v) is 2.79. The van der Waals surface area contributed by atoms with Gasteiger partial charge in [0, 0.05) is 28.4 Å². The molecule has 0 saturated carbocycles. The molecule has 3 nitrogen and oxygen atoms in total. The first-order valence-electron chi connectivity index (χ1n) is 12.4. The highest BCUT2D eigenvalue weighted by molar-refractivity contribution is 6.07. The largest absolute Gasteiger partial charge is 0.341 e. The topological polar surface area (TPSA) is 11.4 Å². The third-order valence-corrected chi connectivity index (χ3v) is 5.16. The molecule has 0 saturated heterocycles. The summed E-state index contributed by atoms with van der Waals surface area (Å²) in [7, 11) is 4.22. The number of benzene rings is 2. The molecule has 0 amide bonds. The predicted octanol–water partition coefficient (Wildman–Crippen LogP) is 7.78. The molecule has 3 aromatic rings. The number of hydrogen-bond acceptors (Lipinski definition) is 2. The Hall–Kier alpha value is -1.84. The number of hydrogen-bond donors (Lipinski definition) is 0. The molecule has 1 heterocycles. The maximum absolute atomic E-state index is 2.37. The number of aryl methyl sites for hydroxylation is 1. The molecule has 3 heteroatoms. The fourth-order valence-electron chi connectivity index (χ4n) is 2.79. The van der Waals surface area contributed by atoms with Gasteiger partial charge in [-0.05, 0) is 59.3 Å². The zero-order chi connectivity index (χ0) is 24.2. The van der Waals surface area contributed by atoms with Gasteiger partial charge in [0.25, 0.3) is 0 Å². The van der Waals surface area contributed by atoms with Gasteiger partial charge in [-0.25, -0.2) is 0 Å². The van der Waals surface area contributed by atoms with Crippen molar-refractivity contribution in [3.63, 3.8) is 0 Å². The molecule has 1 aromatic heterocycles. The van der Waals surface area contributed by atoms with Crippen molar-refractivity contribution in [1.82, 2.24) is 14.4 Å². The molecule has 0 atom stereocenters. The first kappa shape index (κ1) is 31.3. The van der Waals surface area contributed by atoms with Crippen LogP contribution in [0.5, 0.6) is 0 Å². The predicted molar refractivity (Wildman–Crippen MR) is 146 cm³/mol. The van der Waals surface area contributed by atoms with Crippen molar-refractivity contribution >= 4 is 21.8 Å². The lowest BCUT2D eigenvalue weighted by atomic mass is 10.2. The van der Waals surface area contributed by atoms with Gasteiger partial charge in [0.05, 0.1) is 0 Å². The Bertz CT molecular complexity index is 705. The van der Waals surface area contributed by atoms with E-state index in [9.17, 15) is 0 Å². The van der Waals surface area contributed by atoms with Gasteiger partial charge in [-0.2, -0.15) is 0 Å². The van der Waals surface area contributed by atoms with Gasteiger partial charge in [0.15, 0.2) is 0 Å². The van der Waals surface area contributed by atoms with E-state index in [1.54, 1.807) is 0 Å². The summed E-state index contributed by atoms with van der Waals surface area (Å²) in [4.78, 5) is 4.50. The van der Waals surface area contributed by atoms with Crippen molar-refractivity contribution in [2.75, 3.05) is 40.3 Å². The van der Waals surface area contributed by atoms with E-state index in [2.05, 4.69) is 112 Å². The van der Waals surface area contributed by atoms with E-state index in [0.29, 0.717) is 0 Å². The molecule has 0 radical (unpaired) electrons. The number of aromatic nitrogens is 1. The minimum atomic E-state index is 1.02. The smallest absolute Gasteiger partial charge is 0.0491 e. The molecule has 0 spiro atoms. The van der Waals surface area contributed by atoms with Crippen molar-refractivity contribution in [3.05, 3.63) is 48.5 Å². The fraction of sp³-hybridized carbons (Fsp3) is 0.571. The molecule has 0 fully saturated rings. The average Bonchev–Trinajstić information content (AvgIpc) is 3.19. The maximum atomic E-state index is 2.37. The molecule has 3 rings (SSSR count). The van der Waals surface area contributed by atoms with Crippen molar-refractivity contribution < 1.29 is 0 Å². The molecule has 178 valence electrons. The highest BCUT2D eigenvalue weighted by Gasteiger charge is 2.06. The van der Waals surface area contributed by atoms with Crippen LogP contribution in [0.15, 0.2) is 48.5 Å². The van der Waals surface area contributed by atoms with Gasteiger partial charge in [-0.3, -0.25) is 0 Å². The van der Waals surface area contributed by atoms with Gasteiger partial charge in [-0.15, -0.1) is 0 Å². The Morgan fingerprint density at radius 2 is 0.839 bits per heavy atom. The molecular weight excluding hydrogens is 378 g/mol. The second-order valence-electron chi connectivity index (χ2n) is 6.76. The van der Waals surface area contributed by atoms with Gasteiger partial charge < -0.3 is 14.4 Å². The molecule has 0 N–H and O–H groups in total. The number of para-hydroxylation sites is 2. The molecule has 31 heavy (non-hydrogen) atoms. The summed E-state index contributed by atoms with van der Waals surface area (Å²) in [6, 6.07) is 17.2. The van der Waals surface area contributed by atoms with Crippen molar-refractivity contribution in [2.45, 2.75) is 68.9 Å². The summed E-state index contributed by atoms with van der Waals surface area (Å²) in [6.45, 7) is 24.5. The van der Waals surface area contributed by atoms with Crippen LogP contribution in [0.1, 0.15) is 62.3 Å². The van der Waals surface area contributed by atoms with Gasteiger partial charge in [-0.1, -0.05) is 91.8 Å². The average molecular weight is 430 g/mol. The van der Waals surface area contributed by atoms with Crippen molar-refractivity contribution in [3.8, 4) is 0 Å². The summed E-state index contributed by atoms with van der Waals surface area (Å²) in [5.41, 5.74) is 2.67. The number of nitrogens with zero attached hydrogens (tertiary/aromatic N) is 3. The highest BCUT2D eigenvalue weighted by atomic mass is 15.1. The lowest BCUT2D eigenvalue weighted by molar-refractivity contribution is 0.373. The van der Waals surface area contributed by atoms with Gasteiger partial charge >= 0.3 is 0 Å². The molecule has 0 unspecified atom stereocenters. The van der Waals surface area contributed by atoms with E-state index < -0.39 is 0 Å².